The summed E-state index contributed by atoms with van der Waals surface area (Å²) < 4.78 is 5.98. The fourth-order valence-electron chi connectivity index (χ4n) is 4.69. The number of piperidine rings is 1. The number of hydrogen-bond donors (Lipinski definition) is 2. The average molecular weight is 398 g/mol. The van der Waals surface area contributed by atoms with E-state index in [2.05, 4.69) is 33.7 Å². The third-order valence-corrected chi connectivity index (χ3v) is 6.61. The van der Waals surface area contributed by atoms with Gasteiger partial charge in [-0.05, 0) is 73.0 Å². The lowest BCUT2D eigenvalue weighted by atomic mass is 9.73. The van der Waals surface area contributed by atoms with E-state index in [0.717, 1.165) is 62.6 Å². The summed E-state index contributed by atoms with van der Waals surface area (Å²) in [6, 6.07) is 12.1. The molecule has 0 unspecified atom stereocenters. The molecule has 2 aromatic rings. The lowest BCUT2D eigenvalue weighted by Gasteiger charge is -2.38. The van der Waals surface area contributed by atoms with Gasteiger partial charge in [0, 0.05) is 30.3 Å². The lowest BCUT2D eigenvalue weighted by molar-refractivity contribution is -0.122. The second-order valence-corrected chi connectivity index (χ2v) is 8.39. The Hall–Kier alpha value is -2.08. The van der Waals surface area contributed by atoms with Crippen molar-refractivity contribution in [3.63, 3.8) is 0 Å². The van der Waals surface area contributed by atoms with Gasteiger partial charge in [-0.15, -0.1) is 0 Å². The minimum atomic E-state index is -0.426. The molecule has 146 valence electrons. The normalized spacial score (nSPS) is 20.1. The molecule has 0 bridgehead atoms. The highest BCUT2D eigenvalue weighted by Gasteiger charge is 2.48. The van der Waals surface area contributed by atoms with E-state index in [9.17, 15) is 4.79 Å². The number of nitrogens with one attached hydrogen (secondary N) is 2. The van der Waals surface area contributed by atoms with Gasteiger partial charge in [-0.2, -0.15) is 0 Å². The van der Waals surface area contributed by atoms with Crippen LogP contribution in [0, 0.1) is 0 Å². The van der Waals surface area contributed by atoms with E-state index in [-0.39, 0.29) is 5.91 Å². The monoisotopic (exact) mass is 397 g/mol. The average Bonchev–Trinajstić information content (AvgIpc) is 3.27. The summed E-state index contributed by atoms with van der Waals surface area (Å²) in [6.07, 6.45) is 1.63. The number of hydrogen-bond acceptors (Lipinski definition) is 4. The number of likely N-dealkylation sites (tertiary alicyclic amines) is 1. The van der Waals surface area contributed by atoms with E-state index in [1.807, 2.05) is 18.2 Å². The molecule has 3 aliphatic heterocycles. The summed E-state index contributed by atoms with van der Waals surface area (Å²) >= 11 is 6.19. The Labute approximate surface area is 170 Å². The second-order valence-electron chi connectivity index (χ2n) is 7.95. The van der Waals surface area contributed by atoms with Crippen LogP contribution >= 0.6 is 11.6 Å². The molecule has 28 heavy (non-hydrogen) atoms. The molecule has 3 aliphatic rings. The predicted octanol–water partition coefficient (Wildman–Crippen LogP) is 3.31. The quantitative estimate of drug-likeness (QED) is 0.831. The highest BCUT2D eigenvalue weighted by Crippen LogP contribution is 2.45. The Balaban J connectivity index is 1.18. The van der Waals surface area contributed by atoms with Gasteiger partial charge < -0.3 is 15.4 Å². The van der Waals surface area contributed by atoms with E-state index in [1.165, 1.54) is 11.1 Å². The van der Waals surface area contributed by atoms with Crippen LogP contribution in [0.3, 0.4) is 0 Å². The maximum Gasteiger partial charge on any atom is 0.235 e. The van der Waals surface area contributed by atoms with Crippen molar-refractivity contribution in [2.45, 2.75) is 31.3 Å². The van der Waals surface area contributed by atoms with E-state index in [0.29, 0.717) is 11.6 Å². The number of amides is 1. The van der Waals surface area contributed by atoms with Gasteiger partial charge in [-0.25, -0.2) is 0 Å². The van der Waals surface area contributed by atoms with Crippen molar-refractivity contribution in [1.29, 1.82) is 0 Å². The molecule has 0 aliphatic carbocycles. The second kappa shape index (κ2) is 7.07. The number of ether oxygens (including phenoxy) is 1. The van der Waals surface area contributed by atoms with Gasteiger partial charge in [0.15, 0.2) is 0 Å². The van der Waals surface area contributed by atoms with Crippen molar-refractivity contribution >= 4 is 23.2 Å². The van der Waals surface area contributed by atoms with Crippen molar-refractivity contribution in [2.75, 3.05) is 31.6 Å². The Morgan fingerprint density at radius 3 is 2.75 bits per heavy atom. The van der Waals surface area contributed by atoms with Crippen LogP contribution in [0.5, 0.6) is 5.75 Å². The number of rotatable bonds is 4. The summed E-state index contributed by atoms with van der Waals surface area (Å²) in [5.74, 6) is 1.06. The fourth-order valence-corrected chi connectivity index (χ4v) is 4.87. The Morgan fingerprint density at radius 2 is 1.89 bits per heavy atom. The third kappa shape index (κ3) is 3.08. The third-order valence-electron chi connectivity index (χ3n) is 6.37. The van der Waals surface area contributed by atoms with Gasteiger partial charge in [0.1, 0.15) is 12.4 Å². The molecule has 0 atom stereocenters. The van der Waals surface area contributed by atoms with Crippen LogP contribution < -0.4 is 15.4 Å². The van der Waals surface area contributed by atoms with Gasteiger partial charge in [0.05, 0.1) is 5.41 Å². The first-order valence-electron chi connectivity index (χ1n) is 9.93. The molecule has 0 aromatic heterocycles. The standard InChI is InChI=1S/C22H24ClN3O2/c23-17-2-4-20-19(12-17)22(21(27)25-20)5-7-26(8-6-22)9-10-28-18-3-1-15-13-24-14-16(15)11-18/h1-4,11-12,24H,5-10,13-14H2,(H,25,27). The molecule has 0 saturated carbocycles. The summed E-state index contributed by atoms with van der Waals surface area (Å²) in [5.41, 5.74) is 4.25. The zero-order chi connectivity index (χ0) is 19.1. The van der Waals surface area contributed by atoms with E-state index < -0.39 is 5.41 Å². The van der Waals surface area contributed by atoms with Crippen molar-refractivity contribution in [2.24, 2.45) is 0 Å². The zero-order valence-electron chi connectivity index (χ0n) is 15.8. The topological polar surface area (TPSA) is 53.6 Å². The number of nitrogens with zero attached hydrogens (tertiary/aromatic N) is 1. The first kappa shape index (κ1) is 18.0. The number of carbonyl (C=O) groups excluding carboxylic acids is 1. The van der Waals surface area contributed by atoms with Gasteiger partial charge in [-0.3, -0.25) is 9.69 Å². The number of halogens is 1. The van der Waals surface area contributed by atoms with E-state index >= 15 is 0 Å². The van der Waals surface area contributed by atoms with Crippen LogP contribution in [0.15, 0.2) is 36.4 Å². The van der Waals surface area contributed by atoms with Crippen LogP contribution in [-0.4, -0.2) is 37.0 Å². The van der Waals surface area contributed by atoms with Crippen LogP contribution in [0.1, 0.15) is 29.5 Å². The molecule has 1 saturated heterocycles. The Kier molecular flexibility index (Phi) is 4.54. The van der Waals surface area contributed by atoms with Gasteiger partial charge in [-0.1, -0.05) is 17.7 Å². The molecule has 1 amide bonds. The summed E-state index contributed by atoms with van der Waals surface area (Å²) in [4.78, 5) is 15.1. The SMILES string of the molecule is O=C1Nc2ccc(Cl)cc2C12CCN(CCOc1ccc3c(c1)CNC3)CC2. The largest absolute Gasteiger partial charge is 0.492 e. The number of benzene rings is 2. The fraction of sp³-hybridized carbons (Fsp3) is 0.409. The van der Waals surface area contributed by atoms with Gasteiger partial charge in [0.25, 0.3) is 0 Å². The summed E-state index contributed by atoms with van der Waals surface area (Å²) in [5, 5.41) is 7.08. The van der Waals surface area contributed by atoms with E-state index in [4.69, 9.17) is 16.3 Å². The molecular weight excluding hydrogens is 374 g/mol. The smallest absolute Gasteiger partial charge is 0.235 e. The van der Waals surface area contributed by atoms with Crippen LogP contribution in [0.25, 0.3) is 0 Å². The maximum absolute atomic E-state index is 12.7. The van der Waals surface area contributed by atoms with Gasteiger partial charge in [0.2, 0.25) is 5.91 Å². The molecule has 1 spiro atoms. The Bertz CT molecular complexity index is 922. The zero-order valence-corrected chi connectivity index (χ0v) is 16.5. The van der Waals surface area contributed by atoms with Crippen molar-refractivity contribution in [3.8, 4) is 5.75 Å². The molecule has 5 nitrogen and oxygen atoms in total. The van der Waals surface area contributed by atoms with Crippen LogP contribution in [0.2, 0.25) is 5.02 Å². The molecule has 2 aromatic carbocycles. The molecule has 0 radical (unpaired) electrons. The molecule has 5 rings (SSSR count). The van der Waals surface area contributed by atoms with Crippen molar-refractivity contribution < 1.29 is 9.53 Å². The summed E-state index contributed by atoms with van der Waals surface area (Å²) in [7, 11) is 0. The predicted molar refractivity (Wildman–Crippen MR) is 110 cm³/mol. The van der Waals surface area contributed by atoms with Crippen LogP contribution in [0.4, 0.5) is 5.69 Å². The minimum Gasteiger partial charge on any atom is -0.492 e. The molecule has 3 heterocycles. The minimum absolute atomic E-state index is 0.118. The lowest BCUT2D eigenvalue weighted by Crippen LogP contribution is -2.47. The molecule has 2 N–H and O–H groups in total. The Morgan fingerprint density at radius 1 is 1.07 bits per heavy atom. The summed E-state index contributed by atoms with van der Waals surface area (Å²) in [6.45, 7) is 5.18. The molecule has 6 heteroatoms. The van der Waals surface area contributed by atoms with Crippen molar-refractivity contribution in [1.82, 2.24) is 10.2 Å². The number of fused-ring (bicyclic) bond motifs is 3. The maximum atomic E-state index is 12.7. The van der Waals surface area contributed by atoms with Crippen molar-refractivity contribution in [3.05, 3.63) is 58.1 Å². The molecule has 1 fully saturated rings. The first-order chi connectivity index (χ1) is 13.6. The van der Waals surface area contributed by atoms with E-state index in [1.54, 1.807) is 0 Å². The highest BCUT2D eigenvalue weighted by molar-refractivity contribution is 6.31. The first-order valence-corrected chi connectivity index (χ1v) is 10.3. The number of carbonyl (C=O) groups is 1. The van der Waals surface area contributed by atoms with Gasteiger partial charge >= 0.3 is 0 Å². The highest BCUT2D eigenvalue weighted by atomic mass is 35.5. The van der Waals surface area contributed by atoms with Crippen LogP contribution in [-0.2, 0) is 23.3 Å². The molecular formula is C22H24ClN3O2. The number of anilines is 1.